The summed E-state index contributed by atoms with van der Waals surface area (Å²) < 4.78 is 2.66. The normalized spacial score (nSPS) is 10.5. The van der Waals surface area contributed by atoms with Gasteiger partial charge in [-0.25, -0.2) is 0 Å². The van der Waals surface area contributed by atoms with Gasteiger partial charge in [0.25, 0.3) is 0 Å². The number of ketones is 1. The van der Waals surface area contributed by atoms with E-state index in [1.807, 2.05) is 23.0 Å². The Morgan fingerprint density at radius 2 is 1.93 bits per heavy atom. The Bertz CT molecular complexity index is 982. The highest BCUT2D eigenvalue weighted by molar-refractivity contribution is 9.10. The molecule has 2 aromatic carbocycles. The van der Waals surface area contributed by atoms with Crippen molar-refractivity contribution in [3.63, 3.8) is 0 Å². The number of Topliss-reactive ketones (excluding diaryl/α,β-unsaturated/α-hetero) is 1. The first-order valence-electron chi connectivity index (χ1n) is 8.38. The van der Waals surface area contributed by atoms with Gasteiger partial charge < -0.3 is 10.6 Å². The Morgan fingerprint density at radius 3 is 2.63 bits per heavy atom. The van der Waals surface area contributed by atoms with Gasteiger partial charge in [-0.1, -0.05) is 42.0 Å². The largest absolute Gasteiger partial charge is 0.332 e. The highest BCUT2D eigenvalue weighted by Crippen LogP contribution is 2.21. The average molecular weight is 443 g/mol. The molecule has 0 saturated carbocycles. The minimum atomic E-state index is 0.00937. The van der Waals surface area contributed by atoms with Gasteiger partial charge in [0, 0.05) is 17.4 Å². The van der Waals surface area contributed by atoms with Crippen molar-refractivity contribution in [3.8, 4) is 0 Å². The summed E-state index contributed by atoms with van der Waals surface area (Å²) in [6.07, 6.45) is 1.90. The molecule has 0 aliphatic heterocycles. The molecule has 3 aromatic rings. The second-order valence-corrected chi connectivity index (χ2v) is 7.49. The van der Waals surface area contributed by atoms with Crippen LogP contribution >= 0.6 is 28.1 Å². The zero-order valence-electron chi connectivity index (χ0n) is 15.0. The molecule has 27 heavy (non-hydrogen) atoms. The van der Waals surface area contributed by atoms with Crippen LogP contribution in [0.5, 0.6) is 0 Å². The zero-order valence-corrected chi connectivity index (χ0v) is 17.4. The van der Waals surface area contributed by atoms with Gasteiger partial charge in [0.1, 0.15) is 0 Å². The number of hydrogen-bond acceptors (Lipinski definition) is 3. The highest BCUT2D eigenvalue weighted by atomic mass is 79.9. The summed E-state index contributed by atoms with van der Waals surface area (Å²) in [6, 6.07) is 15.6. The van der Waals surface area contributed by atoms with Crippen molar-refractivity contribution in [3.05, 3.63) is 75.9 Å². The molecule has 1 aromatic heterocycles. The lowest BCUT2D eigenvalue weighted by molar-refractivity contribution is 0.101. The lowest BCUT2D eigenvalue weighted by atomic mass is 10.1. The van der Waals surface area contributed by atoms with Gasteiger partial charge in [-0.2, -0.15) is 5.10 Å². The van der Waals surface area contributed by atoms with E-state index in [0.29, 0.717) is 23.0 Å². The number of rotatable bonds is 5. The van der Waals surface area contributed by atoms with Crippen LogP contribution in [0, 0.1) is 6.92 Å². The number of carbonyl (C=O) groups excluding carboxylic acids is 1. The Balaban J connectivity index is 1.66. The third-order valence-electron chi connectivity index (χ3n) is 3.94. The molecule has 0 unspecified atom stereocenters. The van der Waals surface area contributed by atoms with Crippen molar-refractivity contribution in [2.75, 3.05) is 10.6 Å². The number of anilines is 2. The van der Waals surface area contributed by atoms with E-state index in [-0.39, 0.29) is 5.78 Å². The van der Waals surface area contributed by atoms with Crippen molar-refractivity contribution in [2.45, 2.75) is 20.4 Å². The first-order valence-corrected chi connectivity index (χ1v) is 9.58. The number of halogens is 1. The van der Waals surface area contributed by atoms with Crippen LogP contribution in [0.2, 0.25) is 0 Å². The van der Waals surface area contributed by atoms with Crippen LogP contribution in [-0.4, -0.2) is 20.7 Å². The van der Waals surface area contributed by atoms with Crippen molar-refractivity contribution in [2.24, 2.45) is 0 Å². The van der Waals surface area contributed by atoms with Crippen molar-refractivity contribution < 1.29 is 4.79 Å². The summed E-state index contributed by atoms with van der Waals surface area (Å²) in [7, 11) is 0. The molecule has 0 atom stereocenters. The number of hydrogen-bond donors (Lipinski definition) is 2. The van der Waals surface area contributed by atoms with E-state index < -0.39 is 0 Å². The quantitative estimate of drug-likeness (QED) is 0.429. The topological polar surface area (TPSA) is 59.0 Å². The lowest BCUT2D eigenvalue weighted by Crippen LogP contribution is -2.20. The molecule has 138 valence electrons. The molecule has 0 aliphatic rings. The summed E-state index contributed by atoms with van der Waals surface area (Å²) in [6.45, 7) is 4.27. The third kappa shape index (κ3) is 5.24. The first kappa shape index (κ1) is 19.3. The minimum absolute atomic E-state index is 0.00937. The predicted molar refractivity (Wildman–Crippen MR) is 116 cm³/mol. The molecule has 0 fully saturated rings. The summed E-state index contributed by atoms with van der Waals surface area (Å²) in [5, 5.41) is 11.1. The van der Waals surface area contributed by atoms with Crippen LogP contribution in [0.1, 0.15) is 28.4 Å². The van der Waals surface area contributed by atoms with Crippen molar-refractivity contribution in [1.29, 1.82) is 0 Å². The fourth-order valence-corrected chi connectivity index (χ4v) is 3.16. The van der Waals surface area contributed by atoms with Gasteiger partial charge in [-0.05, 0) is 59.7 Å². The number of benzene rings is 2. The van der Waals surface area contributed by atoms with Crippen LogP contribution in [0.3, 0.4) is 0 Å². The number of aryl methyl sites for hydroxylation is 1. The molecular formula is C20H19BrN4OS. The first-order chi connectivity index (χ1) is 12.9. The molecule has 0 saturated heterocycles. The van der Waals surface area contributed by atoms with E-state index >= 15 is 0 Å². The van der Waals surface area contributed by atoms with Crippen LogP contribution in [0.25, 0.3) is 0 Å². The predicted octanol–water partition coefficient (Wildman–Crippen LogP) is 5.01. The van der Waals surface area contributed by atoms with E-state index in [0.717, 1.165) is 10.2 Å². The Hall–Kier alpha value is -2.51. The SMILES string of the molecule is CC(=O)c1cccc(NC(=S)Nc2nn(Cc3ccc(C)cc3)cc2Br)c1. The molecule has 7 heteroatoms. The molecule has 3 rings (SSSR count). The number of nitrogens with one attached hydrogen (secondary N) is 2. The second-order valence-electron chi connectivity index (χ2n) is 6.22. The van der Waals surface area contributed by atoms with Gasteiger partial charge in [-0.15, -0.1) is 0 Å². The monoisotopic (exact) mass is 442 g/mol. The van der Waals surface area contributed by atoms with Gasteiger partial charge in [-0.3, -0.25) is 9.48 Å². The third-order valence-corrected chi connectivity index (χ3v) is 4.73. The van der Waals surface area contributed by atoms with Gasteiger partial charge in [0.05, 0.1) is 11.0 Å². The molecular weight excluding hydrogens is 424 g/mol. The van der Waals surface area contributed by atoms with Crippen molar-refractivity contribution in [1.82, 2.24) is 9.78 Å². The molecule has 0 radical (unpaired) electrons. The maximum atomic E-state index is 11.5. The number of aromatic nitrogens is 2. The molecule has 0 aliphatic carbocycles. The van der Waals surface area contributed by atoms with Crippen LogP contribution in [-0.2, 0) is 6.54 Å². The highest BCUT2D eigenvalue weighted by Gasteiger charge is 2.09. The molecule has 0 spiro atoms. The van der Waals surface area contributed by atoms with E-state index in [1.54, 1.807) is 12.1 Å². The zero-order chi connectivity index (χ0) is 19.4. The summed E-state index contributed by atoms with van der Waals surface area (Å²) in [4.78, 5) is 11.5. The van der Waals surface area contributed by atoms with Crippen LogP contribution in [0.15, 0.2) is 59.2 Å². The molecule has 2 N–H and O–H groups in total. The Labute approximate surface area is 171 Å². The number of carbonyl (C=O) groups is 1. The smallest absolute Gasteiger partial charge is 0.176 e. The van der Waals surface area contributed by atoms with E-state index in [2.05, 4.69) is 62.9 Å². The van der Waals surface area contributed by atoms with Gasteiger partial charge in [0.2, 0.25) is 0 Å². The standard InChI is InChI=1S/C20H19BrN4OS/c1-13-6-8-15(9-7-13)11-25-12-18(21)19(24-25)23-20(27)22-17-5-3-4-16(10-17)14(2)26/h3-10,12H,11H2,1-2H3,(H2,22,23,24,27). The molecule has 0 amide bonds. The van der Waals surface area contributed by atoms with E-state index in [4.69, 9.17) is 12.2 Å². The Kier molecular flexibility index (Phi) is 6.03. The molecule has 0 bridgehead atoms. The minimum Gasteiger partial charge on any atom is -0.332 e. The Morgan fingerprint density at radius 1 is 1.19 bits per heavy atom. The van der Waals surface area contributed by atoms with Gasteiger partial charge in [0.15, 0.2) is 16.7 Å². The molecule has 5 nitrogen and oxygen atoms in total. The molecule has 1 heterocycles. The number of thiocarbonyl (C=S) groups is 1. The average Bonchev–Trinajstić information content (AvgIpc) is 2.96. The van der Waals surface area contributed by atoms with Crippen LogP contribution in [0.4, 0.5) is 11.5 Å². The van der Waals surface area contributed by atoms with E-state index in [9.17, 15) is 4.79 Å². The second kappa shape index (κ2) is 8.45. The summed E-state index contributed by atoms with van der Waals surface area (Å²) in [5.74, 6) is 0.637. The lowest BCUT2D eigenvalue weighted by Gasteiger charge is -2.10. The maximum absolute atomic E-state index is 11.5. The van der Waals surface area contributed by atoms with E-state index in [1.165, 1.54) is 18.1 Å². The fourth-order valence-electron chi connectivity index (χ4n) is 2.53. The maximum Gasteiger partial charge on any atom is 0.176 e. The van der Waals surface area contributed by atoms with Crippen LogP contribution < -0.4 is 10.6 Å². The van der Waals surface area contributed by atoms with Crippen molar-refractivity contribution >= 4 is 50.5 Å². The fraction of sp³-hybridized carbons (Fsp3) is 0.150. The summed E-state index contributed by atoms with van der Waals surface area (Å²) >= 11 is 8.87. The van der Waals surface area contributed by atoms with Gasteiger partial charge >= 0.3 is 0 Å². The summed E-state index contributed by atoms with van der Waals surface area (Å²) in [5.41, 5.74) is 3.78. The number of nitrogens with zero attached hydrogens (tertiary/aromatic N) is 2.